The van der Waals surface area contributed by atoms with Crippen LogP contribution in [0.5, 0.6) is 0 Å². The van der Waals surface area contributed by atoms with Crippen LogP contribution in [0, 0.1) is 5.92 Å². The molecule has 1 aromatic rings. The molecule has 0 radical (unpaired) electrons. The van der Waals surface area contributed by atoms with Gasteiger partial charge in [-0.2, -0.15) is 0 Å². The van der Waals surface area contributed by atoms with E-state index in [2.05, 4.69) is 22.3 Å². The van der Waals surface area contributed by atoms with Crippen LogP contribution in [0.4, 0.5) is 4.79 Å². The number of nitrogens with zero attached hydrogens (tertiary/aromatic N) is 2. The van der Waals surface area contributed by atoms with Crippen molar-refractivity contribution in [2.45, 2.75) is 51.5 Å². The van der Waals surface area contributed by atoms with Crippen molar-refractivity contribution in [2.24, 2.45) is 5.92 Å². The van der Waals surface area contributed by atoms with E-state index < -0.39 is 0 Å². The van der Waals surface area contributed by atoms with Gasteiger partial charge in [-0.25, -0.2) is 4.79 Å². The van der Waals surface area contributed by atoms with Gasteiger partial charge in [0, 0.05) is 38.6 Å². The first kappa shape index (κ1) is 21.6. The first-order valence-electron chi connectivity index (χ1n) is 11.1. The molecule has 0 aromatic heterocycles. The third-order valence-electron chi connectivity index (χ3n) is 6.13. The molecule has 2 fully saturated rings. The Morgan fingerprint density at radius 2 is 1.86 bits per heavy atom. The Morgan fingerprint density at radius 1 is 1.10 bits per heavy atom. The van der Waals surface area contributed by atoms with Crippen LogP contribution in [0.2, 0.25) is 0 Å². The van der Waals surface area contributed by atoms with Crippen LogP contribution < -0.4 is 5.32 Å². The summed E-state index contributed by atoms with van der Waals surface area (Å²) in [5.41, 5.74) is 1.21. The summed E-state index contributed by atoms with van der Waals surface area (Å²) in [5, 5.41) is 3.15. The Hall–Kier alpha value is -2.08. The van der Waals surface area contributed by atoms with Gasteiger partial charge < -0.3 is 15.0 Å². The molecule has 0 bridgehead atoms. The maximum atomic E-state index is 12.2. The zero-order valence-corrected chi connectivity index (χ0v) is 17.6. The van der Waals surface area contributed by atoms with Gasteiger partial charge in [0.1, 0.15) is 0 Å². The van der Waals surface area contributed by atoms with Gasteiger partial charge in [0.05, 0.1) is 6.61 Å². The third kappa shape index (κ3) is 6.74. The predicted octanol–water partition coefficient (Wildman–Crippen LogP) is 3.07. The standard InChI is InChI=1S/C23H35N3O3/c1-2-29-23(28)25-15-12-21(13-16-25)26-14-6-9-20(18-26)17-24-22(27)11-10-19-7-4-3-5-8-19/h3-5,7-8,20-21H,2,6,9-18H2,1H3,(H,24,27). The molecule has 1 unspecified atom stereocenters. The summed E-state index contributed by atoms with van der Waals surface area (Å²) in [6.45, 7) is 6.78. The fourth-order valence-electron chi connectivity index (χ4n) is 4.47. The SMILES string of the molecule is CCOC(=O)N1CCC(N2CCCC(CNC(=O)CCc3ccccc3)C2)CC1. The number of carbonyl (C=O) groups excluding carboxylic acids is 2. The Balaban J connectivity index is 1.36. The molecule has 160 valence electrons. The summed E-state index contributed by atoms with van der Waals surface area (Å²) in [7, 11) is 0. The molecule has 6 heteroatoms. The molecule has 1 aromatic carbocycles. The van der Waals surface area contributed by atoms with Gasteiger partial charge in [-0.3, -0.25) is 9.69 Å². The molecule has 2 aliphatic rings. The van der Waals surface area contributed by atoms with E-state index in [0.29, 0.717) is 25.0 Å². The van der Waals surface area contributed by atoms with E-state index in [1.54, 1.807) is 0 Å². The lowest BCUT2D eigenvalue weighted by atomic mass is 9.94. The summed E-state index contributed by atoms with van der Waals surface area (Å²) >= 11 is 0. The number of likely N-dealkylation sites (tertiary alicyclic amines) is 2. The van der Waals surface area contributed by atoms with E-state index in [9.17, 15) is 9.59 Å². The first-order chi connectivity index (χ1) is 14.2. The summed E-state index contributed by atoms with van der Waals surface area (Å²) in [6.07, 6.45) is 5.54. The summed E-state index contributed by atoms with van der Waals surface area (Å²) in [4.78, 5) is 28.5. The van der Waals surface area contributed by atoms with Crippen molar-refractivity contribution in [3.8, 4) is 0 Å². The lowest BCUT2D eigenvalue weighted by Gasteiger charge is -2.42. The Bertz CT molecular complexity index is 644. The monoisotopic (exact) mass is 401 g/mol. The van der Waals surface area contributed by atoms with Gasteiger partial charge in [-0.1, -0.05) is 30.3 Å². The molecular formula is C23H35N3O3. The van der Waals surface area contributed by atoms with Crippen LogP contribution in [0.1, 0.15) is 44.6 Å². The molecule has 29 heavy (non-hydrogen) atoms. The van der Waals surface area contributed by atoms with E-state index in [-0.39, 0.29) is 12.0 Å². The highest BCUT2D eigenvalue weighted by Gasteiger charge is 2.30. The lowest BCUT2D eigenvalue weighted by Crippen LogP contribution is -2.50. The number of aryl methyl sites for hydroxylation is 1. The molecule has 3 rings (SSSR count). The predicted molar refractivity (Wildman–Crippen MR) is 114 cm³/mol. The minimum absolute atomic E-state index is 0.147. The normalized spacial score (nSPS) is 21.0. The fourth-order valence-corrected chi connectivity index (χ4v) is 4.47. The smallest absolute Gasteiger partial charge is 0.409 e. The number of benzene rings is 1. The maximum Gasteiger partial charge on any atom is 0.409 e. The van der Waals surface area contributed by atoms with Crippen LogP contribution in [-0.2, 0) is 16.0 Å². The van der Waals surface area contributed by atoms with Crippen LogP contribution >= 0.6 is 0 Å². The number of piperidine rings is 2. The van der Waals surface area contributed by atoms with E-state index in [1.165, 1.54) is 18.4 Å². The molecule has 2 aliphatic heterocycles. The minimum Gasteiger partial charge on any atom is -0.450 e. The van der Waals surface area contributed by atoms with Crippen LogP contribution in [0.15, 0.2) is 30.3 Å². The Kier molecular flexibility index (Phi) is 8.35. The summed E-state index contributed by atoms with van der Waals surface area (Å²) in [5.74, 6) is 0.668. The van der Waals surface area contributed by atoms with Crippen LogP contribution in [0.25, 0.3) is 0 Å². The fraction of sp³-hybridized carbons (Fsp3) is 0.652. The van der Waals surface area contributed by atoms with Gasteiger partial charge in [0.25, 0.3) is 0 Å². The zero-order chi connectivity index (χ0) is 20.5. The lowest BCUT2D eigenvalue weighted by molar-refractivity contribution is -0.121. The number of carbonyl (C=O) groups is 2. The average Bonchev–Trinajstić information content (AvgIpc) is 2.77. The van der Waals surface area contributed by atoms with Crippen molar-refractivity contribution < 1.29 is 14.3 Å². The molecule has 1 atom stereocenters. The van der Waals surface area contributed by atoms with Gasteiger partial charge in [-0.05, 0) is 57.1 Å². The molecule has 2 saturated heterocycles. The van der Waals surface area contributed by atoms with Gasteiger partial charge >= 0.3 is 6.09 Å². The van der Waals surface area contributed by atoms with E-state index in [0.717, 1.165) is 52.0 Å². The van der Waals surface area contributed by atoms with Crippen molar-refractivity contribution >= 4 is 12.0 Å². The van der Waals surface area contributed by atoms with Gasteiger partial charge in [-0.15, -0.1) is 0 Å². The average molecular weight is 402 g/mol. The van der Waals surface area contributed by atoms with E-state index >= 15 is 0 Å². The van der Waals surface area contributed by atoms with E-state index in [4.69, 9.17) is 4.74 Å². The number of amides is 2. The number of rotatable bonds is 7. The highest BCUT2D eigenvalue weighted by atomic mass is 16.6. The van der Waals surface area contributed by atoms with Crippen molar-refractivity contribution in [2.75, 3.05) is 39.3 Å². The van der Waals surface area contributed by atoms with Crippen LogP contribution in [-0.4, -0.2) is 67.2 Å². The zero-order valence-electron chi connectivity index (χ0n) is 17.6. The minimum atomic E-state index is -0.180. The molecule has 0 aliphatic carbocycles. The molecule has 0 saturated carbocycles. The van der Waals surface area contributed by atoms with Crippen molar-refractivity contribution in [3.05, 3.63) is 35.9 Å². The highest BCUT2D eigenvalue weighted by molar-refractivity contribution is 5.76. The molecule has 0 spiro atoms. The number of nitrogens with one attached hydrogen (secondary N) is 1. The van der Waals surface area contributed by atoms with Crippen molar-refractivity contribution in [1.29, 1.82) is 0 Å². The molecule has 1 N–H and O–H groups in total. The number of ether oxygens (including phenoxy) is 1. The molecular weight excluding hydrogens is 366 g/mol. The molecule has 6 nitrogen and oxygen atoms in total. The van der Waals surface area contributed by atoms with Crippen LogP contribution in [0.3, 0.4) is 0 Å². The molecule has 2 amide bonds. The Labute approximate surface area is 174 Å². The quantitative estimate of drug-likeness (QED) is 0.763. The number of hydrogen-bond donors (Lipinski definition) is 1. The second-order valence-electron chi connectivity index (χ2n) is 8.21. The summed E-state index contributed by atoms with van der Waals surface area (Å²) in [6, 6.07) is 10.7. The van der Waals surface area contributed by atoms with E-state index in [1.807, 2.05) is 30.0 Å². The highest BCUT2D eigenvalue weighted by Crippen LogP contribution is 2.24. The summed E-state index contributed by atoms with van der Waals surface area (Å²) < 4.78 is 5.11. The third-order valence-corrected chi connectivity index (χ3v) is 6.13. The largest absolute Gasteiger partial charge is 0.450 e. The Morgan fingerprint density at radius 3 is 2.59 bits per heavy atom. The number of hydrogen-bond acceptors (Lipinski definition) is 4. The second-order valence-corrected chi connectivity index (χ2v) is 8.21. The van der Waals surface area contributed by atoms with Gasteiger partial charge in [0.15, 0.2) is 0 Å². The topological polar surface area (TPSA) is 61.9 Å². The second kappa shape index (κ2) is 11.2. The maximum absolute atomic E-state index is 12.2. The van der Waals surface area contributed by atoms with Gasteiger partial charge in [0.2, 0.25) is 5.91 Å². The molecule has 2 heterocycles. The first-order valence-corrected chi connectivity index (χ1v) is 11.1. The van der Waals surface area contributed by atoms with Crippen molar-refractivity contribution in [3.63, 3.8) is 0 Å². The van der Waals surface area contributed by atoms with Crippen molar-refractivity contribution in [1.82, 2.24) is 15.1 Å².